The summed E-state index contributed by atoms with van der Waals surface area (Å²) < 4.78 is 34.4. The lowest BCUT2D eigenvalue weighted by molar-refractivity contribution is -0.870. The lowest BCUT2D eigenvalue weighted by Crippen LogP contribution is -2.37. The van der Waals surface area contributed by atoms with E-state index in [1.165, 1.54) is 276 Å². The molecule has 2 atom stereocenters. The third kappa shape index (κ3) is 69.1. The minimum Gasteiger partial charge on any atom is -0.756 e. The van der Waals surface area contributed by atoms with Gasteiger partial charge in [-0.15, -0.1) is 0 Å². The second kappa shape index (κ2) is 65.4. The summed E-state index contributed by atoms with van der Waals surface area (Å²) in [5.41, 5.74) is 0. The Morgan fingerprint density at radius 3 is 0.964 bits per heavy atom. The highest BCUT2D eigenvalue weighted by Gasteiger charge is 2.22. The van der Waals surface area contributed by atoms with Crippen molar-refractivity contribution in [2.24, 2.45) is 0 Å². The number of carbonyl (C=O) groups excluding carboxylic acids is 2. The number of esters is 2. The van der Waals surface area contributed by atoms with Gasteiger partial charge in [0.15, 0.2) is 6.10 Å². The van der Waals surface area contributed by atoms with Gasteiger partial charge >= 0.3 is 11.9 Å². The molecule has 2 unspecified atom stereocenters. The summed E-state index contributed by atoms with van der Waals surface area (Å²) in [5.74, 6) is -0.816. The minimum atomic E-state index is -4.64. The number of phosphoric acid groups is 1. The van der Waals surface area contributed by atoms with Gasteiger partial charge in [-0.25, -0.2) is 0 Å². The van der Waals surface area contributed by atoms with Crippen LogP contribution in [-0.2, 0) is 32.7 Å². The maximum atomic E-state index is 12.9. The van der Waals surface area contributed by atoms with Crippen molar-refractivity contribution < 1.29 is 42.1 Å². The van der Waals surface area contributed by atoms with Crippen molar-refractivity contribution in [2.45, 2.75) is 367 Å². The Bertz CT molecular complexity index is 1560. The second-order valence-electron chi connectivity index (χ2n) is 26.0. The van der Waals surface area contributed by atoms with Crippen LogP contribution in [0.3, 0.4) is 0 Å². The molecular weight excluding hydrogens is 1060 g/mol. The molecule has 0 saturated heterocycles. The third-order valence-electron chi connectivity index (χ3n) is 16.3. The van der Waals surface area contributed by atoms with Gasteiger partial charge in [0, 0.05) is 12.8 Å². The lowest BCUT2D eigenvalue weighted by Gasteiger charge is -2.28. The van der Waals surface area contributed by atoms with E-state index in [9.17, 15) is 19.0 Å². The summed E-state index contributed by atoms with van der Waals surface area (Å²) in [6.45, 7) is 4.29. The Balaban J connectivity index is 3.99. The fourth-order valence-electron chi connectivity index (χ4n) is 10.7. The van der Waals surface area contributed by atoms with Crippen LogP contribution in [0.1, 0.15) is 361 Å². The van der Waals surface area contributed by atoms with Crippen LogP contribution in [0.4, 0.5) is 0 Å². The molecule has 0 heterocycles. The number of phosphoric ester groups is 1. The van der Waals surface area contributed by atoms with Crippen molar-refractivity contribution in [2.75, 3.05) is 47.5 Å². The smallest absolute Gasteiger partial charge is 0.306 e. The molecule has 0 bridgehead atoms. The van der Waals surface area contributed by atoms with Gasteiger partial charge in [0.1, 0.15) is 19.8 Å². The van der Waals surface area contributed by atoms with Crippen LogP contribution in [0.5, 0.6) is 0 Å². The fraction of sp³-hybridized carbons (Fsp3) is 0.865. The number of carbonyl (C=O) groups is 2. The molecule has 0 aromatic carbocycles. The van der Waals surface area contributed by atoms with E-state index >= 15 is 0 Å². The average molecular weight is 1200 g/mol. The number of hydrogen-bond acceptors (Lipinski definition) is 8. The number of quaternary nitrogens is 1. The highest BCUT2D eigenvalue weighted by molar-refractivity contribution is 7.45. The molecule has 0 saturated carbocycles. The van der Waals surface area contributed by atoms with Gasteiger partial charge in [-0.1, -0.05) is 319 Å². The van der Waals surface area contributed by atoms with Crippen molar-refractivity contribution in [3.63, 3.8) is 0 Å². The van der Waals surface area contributed by atoms with E-state index in [4.69, 9.17) is 18.5 Å². The molecule has 0 amide bonds. The van der Waals surface area contributed by atoms with Gasteiger partial charge in [-0.3, -0.25) is 14.2 Å². The molecule has 0 aliphatic carbocycles. The zero-order valence-corrected chi connectivity index (χ0v) is 57.3. The number of unbranched alkanes of at least 4 members (excludes halogenated alkanes) is 46. The van der Waals surface area contributed by atoms with Crippen molar-refractivity contribution in [1.29, 1.82) is 0 Å². The van der Waals surface area contributed by atoms with Crippen molar-refractivity contribution in [3.8, 4) is 0 Å². The quantitative estimate of drug-likeness (QED) is 0.0195. The van der Waals surface area contributed by atoms with E-state index in [-0.39, 0.29) is 32.0 Å². The number of ether oxygens (including phenoxy) is 2. The molecule has 0 aliphatic rings. The Labute approximate surface area is 522 Å². The van der Waals surface area contributed by atoms with Crippen LogP contribution < -0.4 is 4.89 Å². The lowest BCUT2D eigenvalue weighted by atomic mass is 10.0. The summed E-state index contributed by atoms with van der Waals surface area (Å²) in [5, 5.41) is 0. The van der Waals surface area contributed by atoms with Gasteiger partial charge in [0.25, 0.3) is 7.82 Å². The van der Waals surface area contributed by atoms with Crippen LogP contribution in [0, 0.1) is 0 Å². The van der Waals surface area contributed by atoms with Crippen molar-refractivity contribution in [1.82, 2.24) is 0 Å². The average Bonchev–Trinajstić information content (AvgIpc) is 3.61. The number of likely N-dealkylation sites (N-methyl/N-ethyl adjacent to an activating group) is 1. The van der Waals surface area contributed by atoms with E-state index in [1.54, 1.807) is 0 Å². The summed E-state index contributed by atoms with van der Waals surface area (Å²) in [7, 11) is 1.18. The first kappa shape index (κ1) is 82.0. The highest BCUT2D eigenvalue weighted by Crippen LogP contribution is 2.38. The molecule has 0 aliphatic heterocycles. The first-order valence-corrected chi connectivity index (χ1v) is 37.8. The van der Waals surface area contributed by atoms with E-state index in [0.717, 1.165) is 51.4 Å². The maximum absolute atomic E-state index is 12.9. The normalized spacial score (nSPS) is 13.4. The van der Waals surface area contributed by atoms with Crippen molar-refractivity contribution >= 4 is 19.8 Å². The van der Waals surface area contributed by atoms with Gasteiger partial charge in [0.05, 0.1) is 27.7 Å². The maximum Gasteiger partial charge on any atom is 0.306 e. The highest BCUT2D eigenvalue weighted by atomic mass is 31.2. The molecule has 494 valence electrons. The zero-order valence-electron chi connectivity index (χ0n) is 56.4. The van der Waals surface area contributed by atoms with Gasteiger partial charge < -0.3 is 27.9 Å². The van der Waals surface area contributed by atoms with Crippen LogP contribution >= 0.6 is 7.82 Å². The summed E-state index contributed by atoms with van der Waals surface area (Å²) in [6, 6.07) is 0. The molecule has 9 nitrogen and oxygen atoms in total. The van der Waals surface area contributed by atoms with Gasteiger partial charge in [-0.05, 0) is 77.0 Å². The predicted molar refractivity (Wildman–Crippen MR) is 360 cm³/mol. The molecule has 0 aromatic heterocycles. The minimum absolute atomic E-state index is 0.0295. The number of hydrogen-bond donors (Lipinski definition) is 0. The van der Waals surface area contributed by atoms with Crippen LogP contribution in [0.25, 0.3) is 0 Å². The van der Waals surface area contributed by atoms with E-state index < -0.39 is 26.5 Å². The van der Waals surface area contributed by atoms with E-state index in [2.05, 4.69) is 62.5 Å². The SMILES string of the molecule is CCCCCCC/C=C\C/C=C\C/C=C\CCCCCCCCCCCCCCCCC(=O)OC(COC(=O)CCCCCCCCCCCCCCCCCCCCC/C=C\CCCCCCCCCC)COP(=O)([O-])OCC[N+](C)(C)C. The third-order valence-corrected chi connectivity index (χ3v) is 17.3. The largest absolute Gasteiger partial charge is 0.756 e. The van der Waals surface area contributed by atoms with Crippen molar-refractivity contribution in [3.05, 3.63) is 48.6 Å². The summed E-state index contributed by atoms with van der Waals surface area (Å²) in [6.07, 6.45) is 84.9. The van der Waals surface area contributed by atoms with Gasteiger partial charge in [-0.2, -0.15) is 0 Å². The molecule has 0 radical (unpaired) electrons. The molecule has 0 rings (SSSR count). The predicted octanol–water partition coefficient (Wildman–Crippen LogP) is 23.0. The monoisotopic (exact) mass is 1200 g/mol. The standard InChI is InChI=1S/C74H140NO8P/c1-6-8-10-12-14-16-18-20-22-24-26-28-30-32-34-36-37-39-40-42-44-46-48-50-52-54-56-58-60-62-64-66-73(76)80-70-72(71-82-84(78,79)81-69-68-75(3,4)5)83-74(77)67-65-63-61-59-57-55-53-51-49-47-45-43-41-38-35-33-31-29-27-25-23-21-19-17-15-13-11-9-7-2/h19,21,24-27,31,33,72H,6-18,20,22-23,28-30,32,34-71H2,1-5H3/b21-19-,26-24-,27-25-,33-31-. The molecular formula is C74H140NO8P. The molecule has 0 N–H and O–H groups in total. The van der Waals surface area contributed by atoms with Gasteiger partial charge in [0.2, 0.25) is 0 Å². The molecule has 0 aromatic rings. The van der Waals surface area contributed by atoms with Crippen LogP contribution in [0.15, 0.2) is 48.6 Å². The Morgan fingerprint density at radius 2 is 0.643 bits per heavy atom. The first-order valence-electron chi connectivity index (χ1n) is 36.3. The second-order valence-corrected chi connectivity index (χ2v) is 27.4. The molecule has 10 heteroatoms. The van der Waals surface area contributed by atoms with E-state index in [1.807, 2.05) is 21.1 Å². The number of nitrogens with zero attached hydrogens (tertiary/aromatic N) is 1. The first-order chi connectivity index (χ1) is 41.0. The van der Waals surface area contributed by atoms with Crippen LogP contribution in [-0.4, -0.2) is 70.0 Å². The Kier molecular flexibility index (Phi) is 63.8. The number of allylic oxidation sites excluding steroid dienone is 8. The molecule has 0 spiro atoms. The van der Waals surface area contributed by atoms with Crippen LogP contribution in [0.2, 0.25) is 0 Å². The molecule has 84 heavy (non-hydrogen) atoms. The summed E-state index contributed by atoms with van der Waals surface area (Å²) in [4.78, 5) is 38.1. The Hall–Kier alpha value is -2.03. The fourth-order valence-corrected chi connectivity index (χ4v) is 11.5. The summed E-state index contributed by atoms with van der Waals surface area (Å²) >= 11 is 0. The zero-order chi connectivity index (χ0) is 61.2. The Morgan fingerprint density at radius 1 is 0.369 bits per heavy atom. The molecule has 0 fully saturated rings. The van der Waals surface area contributed by atoms with E-state index in [0.29, 0.717) is 17.4 Å². The topological polar surface area (TPSA) is 111 Å². The number of rotatable bonds is 68.